The minimum absolute atomic E-state index is 0.0776. The predicted molar refractivity (Wildman–Crippen MR) is 150 cm³/mol. The molecule has 210 valence electrons. The Balaban J connectivity index is 1.29. The van der Waals surface area contributed by atoms with E-state index in [0.717, 1.165) is 11.1 Å². The van der Waals surface area contributed by atoms with E-state index in [0.29, 0.717) is 53.7 Å². The third kappa shape index (κ3) is 4.60. The van der Waals surface area contributed by atoms with Gasteiger partial charge in [0, 0.05) is 25.6 Å². The smallest absolute Gasteiger partial charge is 0.323 e. The maximum absolute atomic E-state index is 14.0. The van der Waals surface area contributed by atoms with Crippen molar-refractivity contribution in [3.8, 4) is 11.1 Å². The van der Waals surface area contributed by atoms with Gasteiger partial charge in [-0.15, -0.1) is 0 Å². The number of aryl methyl sites for hydroxylation is 2. The van der Waals surface area contributed by atoms with E-state index in [1.165, 1.54) is 6.07 Å². The quantitative estimate of drug-likeness (QED) is 0.250. The van der Waals surface area contributed by atoms with Gasteiger partial charge in [-0.1, -0.05) is 18.2 Å². The van der Waals surface area contributed by atoms with Crippen molar-refractivity contribution < 1.29 is 23.5 Å². The Morgan fingerprint density at radius 2 is 1.73 bits per heavy atom. The van der Waals surface area contributed by atoms with Crippen LogP contribution in [-0.4, -0.2) is 38.3 Å². The van der Waals surface area contributed by atoms with Crippen LogP contribution in [0.4, 0.5) is 26.4 Å². The fourth-order valence-corrected chi connectivity index (χ4v) is 4.98. The van der Waals surface area contributed by atoms with Crippen molar-refractivity contribution in [1.29, 1.82) is 0 Å². The van der Waals surface area contributed by atoms with Gasteiger partial charge < -0.3 is 26.8 Å². The van der Waals surface area contributed by atoms with Crippen molar-refractivity contribution >= 4 is 46.1 Å². The van der Waals surface area contributed by atoms with Crippen molar-refractivity contribution in [1.82, 2.24) is 14.8 Å². The minimum atomic E-state index is -1.23. The molecule has 0 aliphatic heterocycles. The second-order valence-electron chi connectivity index (χ2n) is 10.7. The van der Waals surface area contributed by atoms with Crippen molar-refractivity contribution in [2.24, 2.45) is 12.8 Å². The Kier molecular flexibility index (Phi) is 5.94. The van der Waals surface area contributed by atoms with Crippen LogP contribution in [0.5, 0.6) is 0 Å². The number of carbonyl (C=O) groups is 3. The zero-order valence-corrected chi connectivity index (χ0v) is 22.5. The lowest BCUT2D eigenvalue weighted by atomic mass is 9.95. The number of aromatic nitrogens is 3. The lowest BCUT2D eigenvalue weighted by Crippen LogP contribution is -2.38. The molecule has 6 N–H and O–H groups in total. The number of halogens is 1. The summed E-state index contributed by atoms with van der Waals surface area (Å²) < 4.78 is 21.2. The van der Waals surface area contributed by atoms with Gasteiger partial charge in [0.05, 0.1) is 16.8 Å². The Bertz CT molecular complexity index is 1740. The summed E-state index contributed by atoms with van der Waals surface area (Å²) in [6.07, 6.45) is 1.87. The molecule has 2 aliphatic rings. The second kappa shape index (κ2) is 9.29. The third-order valence-electron chi connectivity index (χ3n) is 7.72. The lowest BCUT2D eigenvalue weighted by molar-refractivity contribution is -0.160. The summed E-state index contributed by atoms with van der Waals surface area (Å²) in [7, 11) is 1.71. The highest BCUT2D eigenvalue weighted by atomic mass is 19.1. The van der Waals surface area contributed by atoms with Crippen LogP contribution in [0.2, 0.25) is 0 Å². The molecule has 0 spiro atoms. The molecule has 0 saturated heterocycles. The molecule has 0 bridgehead atoms. The van der Waals surface area contributed by atoms with Gasteiger partial charge in [0.25, 0.3) is 5.91 Å². The van der Waals surface area contributed by atoms with Crippen LogP contribution in [0.25, 0.3) is 22.2 Å². The number of nitrogens with two attached hydrogens (primary N) is 2. The standard InChI is InChI=1S/C29H28FN7O4/c1-15-3-8-19(30)20(13-15)34-27(40)33-17-6-4-16(5-7-17)18-14-21(35-24-22(18)23(31)36-37(24)2)28(9-10-28)26(39)41-29(11-12-29)25(32)38/h3-8,13-14H,9-12H2,1-2H3,(H2,31,36)(H2,32,38)(H2,33,34,40). The third-order valence-corrected chi connectivity index (χ3v) is 7.72. The fourth-order valence-electron chi connectivity index (χ4n) is 4.98. The summed E-state index contributed by atoms with van der Waals surface area (Å²) in [5.74, 6) is -1.42. The Labute approximate surface area is 234 Å². The Morgan fingerprint density at radius 3 is 2.37 bits per heavy atom. The van der Waals surface area contributed by atoms with Gasteiger partial charge in [0.2, 0.25) is 0 Å². The van der Waals surface area contributed by atoms with Crippen LogP contribution in [0.15, 0.2) is 48.5 Å². The molecule has 2 heterocycles. The number of urea groups is 1. The molecule has 3 amide bonds. The molecule has 0 radical (unpaired) electrons. The van der Waals surface area contributed by atoms with E-state index in [9.17, 15) is 18.8 Å². The number of nitrogens with one attached hydrogen (secondary N) is 2. The first kappa shape index (κ1) is 26.2. The number of pyridine rings is 1. The molecule has 41 heavy (non-hydrogen) atoms. The Hall–Kier alpha value is -5.00. The number of amides is 3. The Morgan fingerprint density at radius 1 is 1.02 bits per heavy atom. The normalized spacial score (nSPS) is 16.2. The molecule has 2 aromatic carbocycles. The van der Waals surface area contributed by atoms with Gasteiger partial charge in [-0.2, -0.15) is 5.10 Å². The van der Waals surface area contributed by atoms with Crippen LogP contribution in [0.3, 0.4) is 0 Å². The number of nitrogens with zero attached hydrogens (tertiary/aromatic N) is 3. The number of rotatable bonds is 7. The molecule has 2 aromatic heterocycles. The van der Waals surface area contributed by atoms with E-state index < -0.39 is 34.7 Å². The summed E-state index contributed by atoms with van der Waals surface area (Å²) in [6.45, 7) is 1.80. The monoisotopic (exact) mass is 557 g/mol. The average Bonchev–Trinajstić information content (AvgIpc) is 3.85. The molecular formula is C29H28FN7O4. The SMILES string of the molecule is Cc1ccc(F)c(NC(=O)Nc2ccc(-c3cc(C4(C(=O)OC5(C(N)=O)CC5)CC4)nc4c3c(N)nn4C)cc2)c1. The number of hydrogen-bond acceptors (Lipinski definition) is 7. The number of primary amides is 1. The zero-order valence-electron chi connectivity index (χ0n) is 22.5. The first-order chi connectivity index (χ1) is 19.5. The van der Waals surface area contributed by atoms with E-state index in [2.05, 4.69) is 15.7 Å². The number of ether oxygens (including phenoxy) is 1. The molecular weight excluding hydrogens is 529 g/mol. The number of benzene rings is 2. The molecule has 12 heteroatoms. The van der Waals surface area contributed by atoms with Gasteiger partial charge >= 0.3 is 12.0 Å². The van der Waals surface area contributed by atoms with Gasteiger partial charge in [-0.05, 0) is 66.8 Å². The number of fused-ring (bicyclic) bond motifs is 1. The summed E-state index contributed by atoms with van der Waals surface area (Å²) in [4.78, 5) is 42.4. The number of hydrogen-bond donors (Lipinski definition) is 4. The molecule has 2 fully saturated rings. The first-order valence-corrected chi connectivity index (χ1v) is 13.1. The highest BCUT2D eigenvalue weighted by Gasteiger charge is 2.60. The van der Waals surface area contributed by atoms with Crippen molar-refractivity contribution in [3.05, 3.63) is 65.6 Å². The van der Waals surface area contributed by atoms with Crippen LogP contribution in [0, 0.1) is 12.7 Å². The second-order valence-corrected chi connectivity index (χ2v) is 10.7. The topological polar surface area (TPSA) is 167 Å². The number of carbonyl (C=O) groups excluding carboxylic acids is 3. The number of anilines is 3. The van der Waals surface area contributed by atoms with Crippen LogP contribution in [-0.2, 0) is 26.8 Å². The van der Waals surface area contributed by atoms with Gasteiger partial charge in [0.15, 0.2) is 17.1 Å². The van der Waals surface area contributed by atoms with Crippen molar-refractivity contribution in [2.45, 2.75) is 43.6 Å². The van der Waals surface area contributed by atoms with Crippen molar-refractivity contribution in [3.63, 3.8) is 0 Å². The molecule has 2 aliphatic carbocycles. The molecule has 2 saturated carbocycles. The van der Waals surface area contributed by atoms with E-state index >= 15 is 0 Å². The lowest BCUT2D eigenvalue weighted by Gasteiger charge is -2.19. The predicted octanol–water partition coefficient (Wildman–Crippen LogP) is 3.90. The zero-order chi connectivity index (χ0) is 29.1. The summed E-state index contributed by atoms with van der Waals surface area (Å²) >= 11 is 0. The molecule has 4 aromatic rings. The van der Waals surface area contributed by atoms with Crippen LogP contribution in [0.1, 0.15) is 36.9 Å². The summed E-state index contributed by atoms with van der Waals surface area (Å²) in [5.41, 5.74) is 13.3. The maximum atomic E-state index is 14.0. The molecule has 0 unspecified atom stereocenters. The van der Waals surface area contributed by atoms with Gasteiger partial charge in [0.1, 0.15) is 11.2 Å². The molecule has 6 rings (SSSR count). The average molecular weight is 558 g/mol. The largest absolute Gasteiger partial charge is 0.448 e. The fraction of sp³-hybridized carbons (Fsp3) is 0.276. The molecule has 11 nitrogen and oxygen atoms in total. The van der Waals surface area contributed by atoms with E-state index in [4.69, 9.17) is 21.2 Å². The number of esters is 1. The van der Waals surface area contributed by atoms with Gasteiger partial charge in [-0.25, -0.2) is 18.9 Å². The maximum Gasteiger partial charge on any atom is 0.323 e. The summed E-state index contributed by atoms with van der Waals surface area (Å²) in [6, 6.07) is 12.6. The van der Waals surface area contributed by atoms with Crippen LogP contribution < -0.4 is 22.1 Å². The van der Waals surface area contributed by atoms with Crippen LogP contribution >= 0.6 is 0 Å². The van der Waals surface area contributed by atoms with E-state index in [1.54, 1.807) is 61.1 Å². The number of nitrogen functional groups attached to an aromatic ring is 1. The molecule has 0 atom stereocenters. The van der Waals surface area contributed by atoms with Gasteiger partial charge in [-0.3, -0.25) is 9.59 Å². The minimum Gasteiger partial charge on any atom is -0.448 e. The summed E-state index contributed by atoms with van der Waals surface area (Å²) in [5, 5.41) is 10.2. The van der Waals surface area contributed by atoms with E-state index in [1.807, 2.05) is 0 Å². The highest BCUT2D eigenvalue weighted by Crippen LogP contribution is 2.52. The highest BCUT2D eigenvalue weighted by molar-refractivity contribution is 6.03. The van der Waals surface area contributed by atoms with Crippen molar-refractivity contribution in [2.75, 3.05) is 16.4 Å². The van der Waals surface area contributed by atoms with E-state index in [-0.39, 0.29) is 11.5 Å². The first-order valence-electron chi connectivity index (χ1n) is 13.1.